The first kappa shape index (κ1) is 6.25. The fraction of sp³-hybridized carbons (Fsp3) is 1.00. The molecule has 1 nitrogen and oxygen atoms in total. The minimum absolute atomic E-state index is 0.583. The van der Waals surface area contributed by atoms with Gasteiger partial charge in [0.1, 0.15) is 0 Å². The van der Waals surface area contributed by atoms with E-state index in [1.165, 1.54) is 6.38 Å². The summed E-state index contributed by atoms with van der Waals surface area (Å²) in [6, 6.07) is 0. The Labute approximate surface area is 43.3 Å². The third kappa shape index (κ3) is 4.25. The maximum Gasteiger partial charge on any atom is 0.0781 e. The van der Waals surface area contributed by atoms with E-state index in [4.69, 9.17) is 4.74 Å². The number of hydrogen-bond donors (Lipinski definition) is 0. The quantitative estimate of drug-likeness (QED) is 0.336. The highest BCUT2D eigenvalue weighted by Gasteiger charge is 2.13. The Morgan fingerprint density at radius 1 is 1.67 bits per heavy atom. The zero-order chi connectivity index (χ0) is 4.99. The van der Waals surface area contributed by atoms with Gasteiger partial charge in [-0.1, -0.05) is 0 Å². The molecule has 0 amide bonds. The van der Waals surface area contributed by atoms with Gasteiger partial charge >= 0.3 is 0 Å². The van der Waals surface area contributed by atoms with E-state index < -0.39 is 0 Å². The summed E-state index contributed by atoms with van der Waals surface area (Å²) < 4.78 is 4.71. The lowest BCUT2D eigenvalue weighted by Gasteiger charge is -1.50. The molecule has 2 heteroatoms. The van der Waals surface area contributed by atoms with Crippen LogP contribution in [0, 0.1) is 0 Å². The van der Waals surface area contributed by atoms with E-state index in [-0.39, 0.29) is 0 Å². The lowest BCUT2D eigenvalue weighted by Crippen LogP contribution is -1.60. The lowest BCUT2D eigenvalue weighted by molar-refractivity contribution is 0.423. The van der Waals surface area contributed by atoms with Crippen molar-refractivity contribution in [1.82, 2.24) is 0 Å². The Hall–Kier alpha value is 0.250. The normalized spacial score (nSPS) is 27.5. The molecule has 0 spiro atoms. The van der Waals surface area contributed by atoms with E-state index in [0.29, 0.717) is 6.10 Å². The molecule has 6 heavy (non-hydrogen) atoms. The second-order valence-corrected chi connectivity index (χ2v) is 1.14. The Morgan fingerprint density at radius 2 is 1.83 bits per heavy atom. The van der Waals surface area contributed by atoms with Gasteiger partial charge in [-0.05, 0) is 6.92 Å². The van der Waals surface area contributed by atoms with Crippen LogP contribution in [0.3, 0.4) is 0 Å². The van der Waals surface area contributed by atoms with Crippen molar-refractivity contribution < 1.29 is 4.74 Å². The van der Waals surface area contributed by atoms with Crippen LogP contribution in [0.2, 0.25) is 0 Å². The van der Waals surface area contributed by atoms with Crippen LogP contribution in [0.1, 0.15) is 6.92 Å². The molecule has 1 unspecified atom stereocenters. The molecule has 0 aromatic heterocycles. The molecule has 0 bridgehead atoms. The number of hydrogen-bond acceptors (Lipinski definition) is 1. The summed E-state index contributed by atoms with van der Waals surface area (Å²) >= 11 is 4.64. The van der Waals surface area contributed by atoms with Gasteiger partial charge in [-0.3, -0.25) is 0 Å². The topological polar surface area (TPSA) is 12.5 Å². The average molecular weight is 109 g/mol. The lowest BCUT2D eigenvalue weighted by atomic mass is 10.6. The molecule has 0 aromatic carbocycles. The van der Waals surface area contributed by atoms with Gasteiger partial charge in [-0.2, -0.15) is 0 Å². The first-order valence-electron chi connectivity index (χ1n) is 1.89. The number of ether oxygens (including phenoxy) is 1. The van der Waals surface area contributed by atoms with E-state index >= 15 is 0 Å². The molecule has 1 saturated heterocycles. The highest BCUT2D eigenvalue weighted by molar-refractivity contribution is 6.15. The summed E-state index contributed by atoms with van der Waals surface area (Å²) in [6.45, 7) is 3.04. The Morgan fingerprint density at radius 3 is 1.83 bits per heavy atom. The summed E-state index contributed by atoms with van der Waals surface area (Å²) in [5.74, 6) is 0. The summed E-state index contributed by atoms with van der Waals surface area (Å²) in [5, 5.41) is 0. The van der Waals surface area contributed by atoms with Crippen molar-refractivity contribution in [1.29, 1.82) is 0 Å². The van der Waals surface area contributed by atoms with Crippen molar-refractivity contribution in [2.45, 2.75) is 13.0 Å². The van der Waals surface area contributed by atoms with Gasteiger partial charge in [-0.25, -0.2) is 0 Å². The highest BCUT2D eigenvalue weighted by atomic mass is 35.5. The molecule has 1 aliphatic heterocycles. The van der Waals surface area contributed by atoms with Crippen LogP contribution in [-0.2, 0) is 4.74 Å². The van der Waals surface area contributed by atoms with E-state index in [2.05, 4.69) is 18.5 Å². The zero-order valence-corrected chi connectivity index (χ0v) is 4.83. The van der Waals surface area contributed by atoms with E-state index in [1.54, 1.807) is 0 Å². The second-order valence-electron chi connectivity index (χ2n) is 1.14. The maximum atomic E-state index is 4.71. The predicted molar refractivity (Wildman–Crippen MR) is 27.2 cm³/mol. The average Bonchev–Trinajstić information content (AvgIpc) is 2.30. The van der Waals surface area contributed by atoms with Crippen LogP contribution < -0.4 is 0 Å². The van der Waals surface area contributed by atoms with Crippen molar-refractivity contribution >= 4 is 11.6 Å². The molecule has 1 fully saturated rings. The summed E-state index contributed by atoms with van der Waals surface area (Å²) in [4.78, 5) is 0. The highest BCUT2D eigenvalue weighted by Crippen LogP contribution is 2.04. The van der Waals surface area contributed by atoms with Gasteiger partial charge in [-0.15, -0.1) is 11.6 Å². The van der Waals surface area contributed by atoms with Crippen LogP contribution in [0.4, 0.5) is 0 Å². The molecular formula is C4H9ClO. The molecule has 0 N–H and O–H groups in total. The summed E-state index contributed by atoms with van der Waals surface area (Å²) in [5.41, 5.74) is 0. The SMILES string of the molecule is CC1CO1.CCl. The third-order valence-electron chi connectivity index (χ3n) is 0.500. The molecule has 0 aliphatic carbocycles. The van der Waals surface area contributed by atoms with E-state index in [0.717, 1.165) is 6.61 Å². The fourth-order valence-corrected chi connectivity index (χ4v) is 0.0962. The van der Waals surface area contributed by atoms with Crippen molar-refractivity contribution in [3.05, 3.63) is 0 Å². The van der Waals surface area contributed by atoms with Gasteiger partial charge < -0.3 is 4.74 Å². The third-order valence-corrected chi connectivity index (χ3v) is 0.500. The number of alkyl halides is 1. The van der Waals surface area contributed by atoms with Crippen molar-refractivity contribution in [3.8, 4) is 0 Å². The predicted octanol–water partition coefficient (Wildman–Crippen LogP) is 1.26. The Kier molecular flexibility index (Phi) is 3.58. The smallest absolute Gasteiger partial charge is 0.0781 e. The van der Waals surface area contributed by atoms with Crippen LogP contribution in [-0.4, -0.2) is 19.1 Å². The van der Waals surface area contributed by atoms with Crippen LogP contribution >= 0.6 is 11.6 Å². The minimum Gasteiger partial charge on any atom is -0.373 e. The van der Waals surface area contributed by atoms with Crippen LogP contribution in [0.5, 0.6) is 0 Å². The molecule has 1 rings (SSSR count). The van der Waals surface area contributed by atoms with Crippen molar-refractivity contribution in [2.24, 2.45) is 0 Å². The van der Waals surface area contributed by atoms with Gasteiger partial charge in [0, 0.05) is 6.38 Å². The monoisotopic (exact) mass is 108 g/mol. The fourth-order valence-electron chi connectivity index (χ4n) is 0.0962. The maximum absolute atomic E-state index is 4.71. The van der Waals surface area contributed by atoms with Gasteiger partial charge in [0.05, 0.1) is 12.7 Å². The molecular weight excluding hydrogens is 99.5 g/mol. The number of rotatable bonds is 0. The van der Waals surface area contributed by atoms with E-state index in [1.807, 2.05) is 0 Å². The Balaban J connectivity index is 0.000000112. The minimum atomic E-state index is 0.583. The summed E-state index contributed by atoms with van der Waals surface area (Å²) in [6.07, 6.45) is 2.06. The molecule has 1 atom stereocenters. The van der Waals surface area contributed by atoms with Crippen molar-refractivity contribution in [3.63, 3.8) is 0 Å². The van der Waals surface area contributed by atoms with Crippen molar-refractivity contribution in [2.75, 3.05) is 13.0 Å². The van der Waals surface area contributed by atoms with Crippen LogP contribution in [0.25, 0.3) is 0 Å². The molecule has 0 saturated carbocycles. The molecule has 1 aliphatic rings. The largest absolute Gasteiger partial charge is 0.373 e. The molecule has 38 valence electrons. The second kappa shape index (κ2) is 3.44. The Bertz CT molecular complexity index is 26.7. The molecule has 1 heterocycles. The molecule has 0 aromatic rings. The standard InChI is InChI=1S/C3H6O.CH3Cl/c1-3-2-4-3;1-2/h3H,2H2,1H3;1H3. The zero-order valence-electron chi connectivity index (χ0n) is 4.07. The summed E-state index contributed by atoms with van der Waals surface area (Å²) in [7, 11) is 0. The van der Waals surface area contributed by atoms with Crippen LogP contribution in [0.15, 0.2) is 0 Å². The van der Waals surface area contributed by atoms with Gasteiger partial charge in [0.25, 0.3) is 0 Å². The molecule has 0 radical (unpaired) electrons. The van der Waals surface area contributed by atoms with Gasteiger partial charge in [0.15, 0.2) is 0 Å². The van der Waals surface area contributed by atoms with E-state index in [9.17, 15) is 0 Å². The number of epoxide rings is 1. The van der Waals surface area contributed by atoms with Gasteiger partial charge in [0.2, 0.25) is 0 Å². The first-order valence-corrected chi connectivity index (χ1v) is 2.64. The number of halogens is 1. The first-order chi connectivity index (χ1) is 2.89.